The number of fused-ring (bicyclic) bond motifs is 2. The Morgan fingerprint density at radius 1 is 1.15 bits per heavy atom. The Hall–Kier alpha value is -2.95. The van der Waals surface area contributed by atoms with Crippen LogP contribution in [0, 0.1) is 6.92 Å². The summed E-state index contributed by atoms with van der Waals surface area (Å²) in [5.74, 6) is 0.410. The molecule has 3 aromatic rings. The molecule has 0 unspecified atom stereocenters. The highest BCUT2D eigenvalue weighted by Crippen LogP contribution is 2.17. The zero-order valence-corrected chi connectivity index (χ0v) is 15.4. The van der Waals surface area contributed by atoms with Crippen molar-refractivity contribution in [2.45, 2.75) is 45.8 Å². The number of aryl methyl sites for hydroxylation is 2. The molecule has 1 aliphatic rings. The number of hydrogen-bond donors (Lipinski definition) is 0. The van der Waals surface area contributed by atoms with Crippen molar-refractivity contribution in [3.63, 3.8) is 0 Å². The number of hydrogen-bond acceptors (Lipinski definition) is 4. The van der Waals surface area contributed by atoms with Crippen LogP contribution in [0.15, 0.2) is 47.3 Å². The highest BCUT2D eigenvalue weighted by molar-refractivity contribution is 5.94. The molecule has 4 rings (SSSR count). The molecule has 1 aliphatic heterocycles. The first-order valence-corrected chi connectivity index (χ1v) is 9.38. The average molecular weight is 362 g/mol. The average Bonchev–Trinajstić information content (AvgIpc) is 2.92. The Balaban J connectivity index is 1.62. The van der Waals surface area contributed by atoms with Crippen molar-refractivity contribution >= 4 is 16.9 Å². The Kier molecular flexibility index (Phi) is 4.75. The van der Waals surface area contributed by atoms with Crippen molar-refractivity contribution in [1.82, 2.24) is 9.55 Å². The summed E-state index contributed by atoms with van der Waals surface area (Å²) in [5.41, 5.74) is 3.03. The molecule has 0 saturated carbocycles. The van der Waals surface area contributed by atoms with E-state index in [1.165, 1.54) is 0 Å². The lowest BCUT2D eigenvalue weighted by Gasteiger charge is -2.11. The number of carbonyl (C=O) groups is 1. The summed E-state index contributed by atoms with van der Waals surface area (Å²) >= 11 is 0. The monoisotopic (exact) mass is 362 g/mol. The Morgan fingerprint density at radius 3 is 2.85 bits per heavy atom. The molecule has 138 valence electrons. The van der Waals surface area contributed by atoms with Crippen LogP contribution in [0.4, 0.5) is 0 Å². The van der Waals surface area contributed by atoms with Gasteiger partial charge in [0, 0.05) is 13.0 Å². The van der Waals surface area contributed by atoms with Crippen molar-refractivity contribution < 1.29 is 9.53 Å². The van der Waals surface area contributed by atoms with Crippen molar-refractivity contribution in [3.05, 3.63) is 75.3 Å². The van der Waals surface area contributed by atoms with Gasteiger partial charge in [0.15, 0.2) is 0 Å². The normalized spacial score (nSPS) is 13.8. The van der Waals surface area contributed by atoms with Gasteiger partial charge in [-0.25, -0.2) is 9.78 Å². The number of benzene rings is 2. The number of carbonyl (C=O) groups excluding carboxylic acids is 1. The van der Waals surface area contributed by atoms with E-state index in [9.17, 15) is 9.59 Å². The topological polar surface area (TPSA) is 61.2 Å². The minimum atomic E-state index is -0.406. The van der Waals surface area contributed by atoms with E-state index in [0.717, 1.165) is 49.2 Å². The van der Waals surface area contributed by atoms with E-state index < -0.39 is 5.97 Å². The second-order valence-corrected chi connectivity index (χ2v) is 7.03. The summed E-state index contributed by atoms with van der Waals surface area (Å²) < 4.78 is 7.24. The van der Waals surface area contributed by atoms with E-state index >= 15 is 0 Å². The lowest BCUT2D eigenvalue weighted by molar-refractivity contribution is 0.0472. The maximum Gasteiger partial charge on any atom is 0.338 e. The zero-order chi connectivity index (χ0) is 18.8. The van der Waals surface area contributed by atoms with Crippen LogP contribution in [0.2, 0.25) is 0 Å². The highest BCUT2D eigenvalue weighted by Gasteiger charge is 2.16. The van der Waals surface area contributed by atoms with Crippen LogP contribution >= 0.6 is 0 Å². The molecule has 2 heterocycles. The van der Waals surface area contributed by atoms with E-state index in [1.807, 2.05) is 31.2 Å². The van der Waals surface area contributed by atoms with E-state index in [2.05, 4.69) is 4.98 Å². The van der Waals surface area contributed by atoms with Gasteiger partial charge >= 0.3 is 5.97 Å². The van der Waals surface area contributed by atoms with Crippen molar-refractivity contribution in [2.75, 3.05) is 0 Å². The highest BCUT2D eigenvalue weighted by atomic mass is 16.5. The number of rotatable bonds is 3. The number of ether oxygens (including phenoxy) is 1. The van der Waals surface area contributed by atoms with Gasteiger partial charge in [-0.15, -0.1) is 0 Å². The molecular weight excluding hydrogens is 340 g/mol. The van der Waals surface area contributed by atoms with Crippen LogP contribution < -0.4 is 5.56 Å². The number of nitrogens with zero attached hydrogens (tertiary/aromatic N) is 2. The third-order valence-corrected chi connectivity index (χ3v) is 5.17. The van der Waals surface area contributed by atoms with Crippen LogP contribution in [-0.2, 0) is 24.3 Å². The molecule has 0 spiro atoms. The first-order chi connectivity index (χ1) is 13.1. The fraction of sp³-hybridized carbons (Fsp3) is 0.318. The molecule has 0 radical (unpaired) electrons. The smallest absolute Gasteiger partial charge is 0.338 e. The van der Waals surface area contributed by atoms with Gasteiger partial charge < -0.3 is 4.74 Å². The predicted octanol–water partition coefficient (Wildman–Crippen LogP) is 3.79. The van der Waals surface area contributed by atoms with E-state index in [-0.39, 0.29) is 12.2 Å². The summed E-state index contributed by atoms with van der Waals surface area (Å²) in [5, 5.41) is 0.552. The molecule has 0 bridgehead atoms. The molecular formula is C22H22N2O3. The third-order valence-electron chi connectivity index (χ3n) is 5.17. The van der Waals surface area contributed by atoms with Crippen LogP contribution in [-0.4, -0.2) is 15.5 Å². The molecule has 1 aromatic heterocycles. The molecule has 0 atom stereocenters. The Labute approximate surface area is 157 Å². The fourth-order valence-corrected chi connectivity index (χ4v) is 3.54. The second kappa shape index (κ2) is 7.35. The minimum Gasteiger partial charge on any atom is -0.457 e. The maximum absolute atomic E-state index is 12.8. The first kappa shape index (κ1) is 17.5. The van der Waals surface area contributed by atoms with Gasteiger partial charge in [0.2, 0.25) is 0 Å². The Bertz CT molecular complexity index is 1070. The molecule has 0 amide bonds. The molecule has 0 N–H and O–H groups in total. The molecule has 2 aromatic carbocycles. The summed E-state index contributed by atoms with van der Waals surface area (Å²) in [4.78, 5) is 29.9. The van der Waals surface area contributed by atoms with Gasteiger partial charge in [0.05, 0.1) is 16.5 Å². The van der Waals surface area contributed by atoms with Crippen LogP contribution in [0.25, 0.3) is 10.9 Å². The molecule has 0 saturated heterocycles. The van der Waals surface area contributed by atoms with Crippen LogP contribution in [0.1, 0.15) is 46.6 Å². The van der Waals surface area contributed by atoms with Gasteiger partial charge in [0.25, 0.3) is 5.56 Å². The first-order valence-electron chi connectivity index (χ1n) is 9.38. The molecule has 27 heavy (non-hydrogen) atoms. The zero-order valence-electron chi connectivity index (χ0n) is 15.4. The summed E-state index contributed by atoms with van der Waals surface area (Å²) in [7, 11) is 0. The quantitative estimate of drug-likeness (QED) is 0.665. The van der Waals surface area contributed by atoms with Crippen LogP contribution in [0.5, 0.6) is 0 Å². The SMILES string of the molecule is Cc1ccccc1COC(=O)c1ccc2c(=O)n3c(nc2c1)CCCCC3. The molecule has 5 heteroatoms. The van der Waals surface area contributed by atoms with Gasteiger partial charge in [-0.1, -0.05) is 30.7 Å². The molecule has 5 nitrogen and oxygen atoms in total. The van der Waals surface area contributed by atoms with E-state index in [4.69, 9.17) is 4.74 Å². The maximum atomic E-state index is 12.8. The van der Waals surface area contributed by atoms with E-state index in [1.54, 1.807) is 22.8 Å². The van der Waals surface area contributed by atoms with Gasteiger partial charge in [-0.2, -0.15) is 0 Å². The van der Waals surface area contributed by atoms with Gasteiger partial charge in [-0.3, -0.25) is 9.36 Å². The van der Waals surface area contributed by atoms with Crippen molar-refractivity contribution in [2.24, 2.45) is 0 Å². The van der Waals surface area contributed by atoms with Crippen LogP contribution in [0.3, 0.4) is 0 Å². The lowest BCUT2D eigenvalue weighted by atomic mass is 10.1. The third kappa shape index (κ3) is 3.50. The van der Waals surface area contributed by atoms with E-state index in [0.29, 0.717) is 16.5 Å². The summed E-state index contributed by atoms with van der Waals surface area (Å²) in [6, 6.07) is 12.8. The standard InChI is InChI=1S/C22H22N2O3/c1-15-7-4-5-8-17(15)14-27-22(26)16-10-11-18-19(13-16)23-20-9-3-2-6-12-24(20)21(18)25/h4-5,7-8,10-11,13H,2-3,6,9,12,14H2,1H3. The van der Waals surface area contributed by atoms with Gasteiger partial charge in [-0.05, 0) is 49.1 Å². The number of esters is 1. The van der Waals surface area contributed by atoms with Gasteiger partial charge in [0.1, 0.15) is 12.4 Å². The number of aromatic nitrogens is 2. The van der Waals surface area contributed by atoms with Crippen molar-refractivity contribution in [3.8, 4) is 0 Å². The summed E-state index contributed by atoms with van der Waals surface area (Å²) in [6.45, 7) is 2.93. The summed E-state index contributed by atoms with van der Waals surface area (Å²) in [6.07, 6.45) is 3.95. The minimum absolute atomic E-state index is 0.0169. The Morgan fingerprint density at radius 2 is 2.00 bits per heavy atom. The molecule has 0 aliphatic carbocycles. The lowest BCUT2D eigenvalue weighted by Crippen LogP contribution is -2.24. The fourth-order valence-electron chi connectivity index (χ4n) is 3.54. The molecule has 0 fully saturated rings. The largest absolute Gasteiger partial charge is 0.457 e. The second-order valence-electron chi connectivity index (χ2n) is 7.03. The predicted molar refractivity (Wildman–Crippen MR) is 104 cm³/mol. The van der Waals surface area contributed by atoms with Crippen molar-refractivity contribution in [1.29, 1.82) is 0 Å².